The molecule has 0 spiro atoms. The van der Waals surface area contributed by atoms with Crippen LogP contribution < -0.4 is 5.32 Å². The van der Waals surface area contributed by atoms with E-state index in [1.54, 1.807) is 0 Å². The molecule has 1 saturated heterocycles. The number of hydrogen-bond donors (Lipinski definition) is 2. The van der Waals surface area contributed by atoms with Crippen LogP contribution in [-0.2, 0) is 9.53 Å². The molecule has 20 heavy (non-hydrogen) atoms. The van der Waals surface area contributed by atoms with Crippen molar-refractivity contribution in [2.45, 2.75) is 51.6 Å². The molecule has 1 heterocycles. The third kappa shape index (κ3) is 6.23. The Morgan fingerprint density at radius 3 is 2.65 bits per heavy atom. The van der Waals surface area contributed by atoms with Crippen molar-refractivity contribution in [3.63, 3.8) is 0 Å². The lowest BCUT2D eigenvalue weighted by atomic mass is 10.1. The van der Waals surface area contributed by atoms with Gasteiger partial charge >= 0.3 is 12.0 Å². The largest absolute Gasteiger partial charge is 0.479 e. The van der Waals surface area contributed by atoms with Gasteiger partial charge in [-0.1, -0.05) is 39.0 Å². The van der Waals surface area contributed by atoms with Crippen LogP contribution in [0.3, 0.4) is 0 Å². The minimum Gasteiger partial charge on any atom is -0.479 e. The number of aliphatic carboxylic acids is 1. The summed E-state index contributed by atoms with van der Waals surface area (Å²) in [5.41, 5.74) is 0. The smallest absolute Gasteiger partial charge is 0.334 e. The van der Waals surface area contributed by atoms with Gasteiger partial charge in [0.15, 0.2) is 6.10 Å². The normalized spacial score (nSPS) is 18.9. The highest BCUT2D eigenvalue weighted by molar-refractivity contribution is 5.77. The summed E-state index contributed by atoms with van der Waals surface area (Å²) in [6.07, 6.45) is 6.18. The standard InChI is InChI=1S/C14H26N2O4/c1-2-3-4-5-6-7-8-15-14(19)16-9-10-20-12(11-16)13(17)18/h12H,2-11H2,1H3,(H,15,19)(H,17,18). The van der Waals surface area contributed by atoms with E-state index in [9.17, 15) is 9.59 Å². The molecule has 0 aromatic rings. The number of morpholine rings is 1. The molecule has 1 fully saturated rings. The number of amides is 2. The molecule has 6 nitrogen and oxygen atoms in total. The zero-order valence-electron chi connectivity index (χ0n) is 12.3. The van der Waals surface area contributed by atoms with Gasteiger partial charge in [-0.25, -0.2) is 9.59 Å². The quantitative estimate of drug-likeness (QED) is 0.667. The van der Waals surface area contributed by atoms with Crippen LogP contribution in [-0.4, -0.2) is 54.4 Å². The molecule has 1 atom stereocenters. The summed E-state index contributed by atoms with van der Waals surface area (Å²) < 4.78 is 5.08. The lowest BCUT2D eigenvalue weighted by molar-refractivity contribution is -0.154. The average Bonchev–Trinajstić information content (AvgIpc) is 2.46. The van der Waals surface area contributed by atoms with Crippen LogP contribution in [0.1, 0.15) is 45.4 Å². The van der Waals surface area contributed by atoms with Crippen LogP contribution in [0.15, 0.2) is 0 Å². The molecule has 6 heteroatoms. The topological polar surface area (TPSA) is 78.9 Å². The molecule has 0 aromatic heterocycles. The van der Waals surface area contributed by atoms with Crippen LogP contribution in [0.2, 0.25) is 0 Å². The van der Waals surface area contributed by atoms with E-state index in [2.05, 4.69) is 12.2 Å². The van der Waals surface area contributed by atoms with Crippen molar-refractivity contribution in [1.29, 1.82) is 0 Å². The molecule has 116 valence electrons. The van der Waals surface area contributed by atoms with Gasteiger partial charge in [-0.3, -0.25) is 0 Å². The molecule has 2 amide bonds. The van der Waals surface area contributed by atoms with Gasteiger partial charge in [-0.05, 0) is 6.42 Å². The molecule has 1 aliphatic heterocycles. The number of carboxylic acid groups (broad SMARTS) is 1. The van der Waals surface area contributed by atoms with Crippen molar-refractivity contribution in [2.75, 3.05) is 26.2 Å². The number of unbranched alkanes of at least 4 members (excludes halogenated alkanes) is 5. The first-order chi connectivity index (χ1) is 9.65. The molecule has 1 aliphatic rings. The highest BCUT2D eigenvalue weighted by Crippen LogP contribution is 2.06. The summed E-state index contributed by atoms with van der Waals surface area (Å²) in [6, 6.07) is -0.187. The van der Waals surface area contributed by atoms with Crippen molar-refractivity contribution in [3.8, 4) is 0 Å². The summed E-state index contributed by atoms with van der Waals surface area (Å²) in [5, 5.41) is 11.7. The molecule has 0 aliphatic carbocycles. The van der Waals surface area contributed by atoms with Gasteiger partial charge in [0.25, 0.3) is 0 Å². The Kier molecular flexibility index (Phi) is 8.02. The number of ether oxygens (including phenoxy) is 1. The van der Waals surface area contributed by atoms with Crippen LogP contribution in [0.5, 0.6) is 0 Å². The van der Waals surface area contributed by atoms with Gasteiger partial charge in [0.05, 0.1) is 13.2 Å². The second kappa shape index (κ2) is 9.58. The lowest BCUT2D eigenvalue weighted by Gasteiger charge is -2.30. The van der Waals surface area contributed by atoms with E-state index < -0.39 is 12.1 Å². The van der Waals surface area contributed by atoms with E-state index in [0.717, 1.165) is 12.8 Å². The molecule has 2 N–H and O–H groups in total. The monoisotopic (exact) mass is 286 g/mol. The summed E-state index contributed by atoms with van der Waals surface area (Å²) in [5.74, 6) is -1.02. The van der Waals surface area contributed by atoms with Gasteiger partial charge in [0, 0.05) is 13.1 Å². The highest BCUT2D eigenvalue weighted by atomic mass is 16.5. The number of carboxylic acids is 1. The summed E-state index contributed by atoms with van der Waals surface area (Å²) in [6.45, 7) is 3.69. The summed E-state index contributed by atoms with van der Waals surface area (Å²) in [7, 11) is 0. The Hall–Kier alpha value is -1.30. The van der Waals surface area contributed by atoms with Crippen molar-refractivity contribution in [1.82, 2.24) is 10.2 Å². The SMILES string of the molecule is CCCCCCCCNC(=O)N1CCOC(C(=O)O)C1. The highest BCUT2D eigenvalue weighted by Gasteiger charge is 2.28. The zero-order valence-corrected chi connectivity index (χ0v) is 12.3. The summed E-state index contributed by atoms with van der Waals surface area (Å²) >= 11 is 0. The Morgan fingerprint density at radius 2 is 1.95 bits per heavy atom. The minimum absolute atomic E-state index is 0.123. The number of rotatable bonds is 8. The summed E-state index contributed by atoms with van der Waals surface area (Å²) in [4.78, 5) is 24.2. The van der Waals surface area contributed by atoms with E-state index >= 15 is 0 Å². The number of hydrogen-bond acceptors (Lipinski definition) is 3. The first-order valence-corrected chi connectivity index (χ1v) is 7.52. The maximum absolute atomic E-state index is 11.9. The lowest BCUT2D eigenvalue weighted by Crippen LogP contribution is -2.51. The Morgan fingerprint density at radius 1 is 1.25 bits per heavy atom. The second-order valence-electron chi connectivity index (χ2n) is 5.14. The van der Waals surface area contributed by atoms with Crippen LogP contribution in [0.25, 0.3) is 0 Å². The predicted molar refractivity (Wildman–Crippen MR) is 75.7 cm³/mol. The number of carbonyl (C=O) groups is 2. The van der Waals surface area contributed by atoms with Crippen molar-refractivity contribution in [3.05, 3.63) is 0 Å². The van der Waals surface area contributed by atoms with E-state index in [4.69, 9.17) is 9.84 Å². The number of carbonyl (C=O) groups excluding carboxylic acids is 1. The molecule has 1 rings (SSSR count). The average molecular weight is 286 g/mol. The molecular weight excluding hydrogens is 260 g/mol. The fourth-order valence-corrected chi connectivity index (χ4v) is 2.20. The van der Waals surface area contributed by atoms with Crippen LogP contribution >= 0.6 is 0 Å². The van der Waals surface area contributed by atoms with Gasteiger partial charge in [-0.15, -0.1) is 0 Å². The number of nitrogens with one attached hydrogen (secondary N) is 1. The number of nitrogens with zero attached hydrogens (tertiary/aromatic N) is 1. The first-order valence-electron chi connectivity index (χ1n) is 7.52. The van der Waals surface area contributed by atoms with Gasteiger partial charge < -0.3 is 20.1 Å². The third-order valence-corrected chi connectivity index (χ3v) is 3.44. The molecule has 0 radical (unpaired) electrons. The Balaban J connectivity index is 2.11. The van der Waals surface area contributed by atoms with Crippen LogP contribution in [0, 0.1) is 0 Å². The van der Waals surface area contributed by atoms with Gasteiger partial charge in [0.1, 0.15) is 0 Å². The van der Waals surface area contributed by atoms with E-state index in [1.807, 2.05) is 0 Å². The zero-order chi connectivity index (χ0) is 14.8. The van der Waals surface area contributed by atoms with E-state index in [1.165, 1.54) is 30.6 Å². The van der Waals surface area contributed by atoms with Crippen molar-refractivity contribution < 1.29 is 19.4 Å². The van der Waals surface area contributed by atoms with Gasteiger partial charge in [-0.2, -0.15) is 0 Å². The first kappa shape index (κ1) is 16.8. The molecular formula is C14H26N2O4. The molecule has 0 bridgehead atoms. The molecule has 0 aromatic carbocycles. The van der Waals surface area contributed by atoms with Crippen molar-refractivity contribution >= 4 is 12.0 Å². The molecule has 1 unspecified atom stereocenters. The Bertz CT molecular complexity index is 310. The van der Waals surface area contributed by atoms with Gasteiger partial charge in [0.2, 0.25) is 0 Å². The molecule has 0 saturated carbocycles. The number of urea groups is 1. The fraction of sp³-hybridized carbons (Fsp3) is 0.857. The Labute approximate surface area is 120 Å². The van der Waals surface area contributed by atoms with E-state index in [-0.39, 0.29) is 19.2 Å². The maximum atomic E-state index is 11.9. The van der Waals surface area contributed by atoms with Crippen LogP contribution in [0.4, 0.5) is 4.79 Å². The van der Waals surface area contributed by atoms with E-state index in [0.29, 0.717) is 13.1 Å². The van der Waals surface area contributed by atoms with Crippen molar-refractivity contribution in [2.24, 2.45) is 0 Å². The fourth-order valence-electron chi connectivity index (χ4n) is 2.20. The maximum Gasteiger partial charge on any atom is 0.334 e. The third-order valence-electron chi connectivity index (χ3n) is 3.44. The minimum atomic E-state index is -1.02. The second-order valence-corrected chi connectivity index (χ2v) is 5.14. The predicted octanol–water partition coefficient (Wildman–Crippen LogP) is 1.84.